The van der Waals surface area contributed by atoms with Crippen molar-refractivity contribution < 1.29 is 9.90 Å². The zero-order valence-electron chi connectivity index (χ0n) is 8.48. The molecule has 0 aromatic carbocycles. The Morgan fingerprint density at radius 3 is 2.29 bits per heavy atom. The fourth-order valence-corrected chi connectivity index (χ4v) is 1.86. The van der Waals surface area contributed by atoms with Gasteiger partial charge in [0.15, 0.2) is 0 Å². The molecule has 0 spiro atoms. The smallest absolute Gasteiger partial charge is 0.328 e. The lowest BCUT2D eigenvalue weighted by molar-refractivity contribution is -0.131. The lowest BCUT2D eigenvalue weighted by Crippen LogP contribution is -1.92. The first-order valence-electron chi connectivity index (χ1n) is 5.37. The standard InChI is InChI=1S/C12H18O2/c13-12(14)10-6-5-9-11-7-3-1-2-4-8-11/h5-6,9-11H,1-4,7-8H2,(H,13,14)/b9-5+,10-6-. The number of allylic oxidation sites excluding steroid dienone is 3. The molecule has 0 bridgehead atoms. The van der Waals surface area contributed by atoms with Gasteiger partial charge < -0.3 is 5.11 Å². The van der Waals surface area contributed by atoms with Crippen molar-refractivity contribution in [2.24, 2.45) is 5.92 Å². The second-order valence-electron chi connectivity index (χ2n) is 3.83. The van der Waals surface area contributed by atoms with Crippen molar-refractivity contribution >= 4 is 5.97 Å². The van der Waals surface area contributed by atoms with Crippen molar-refractivity contribution in [3.8, 4) is 0 Å². The average molecular weight is 194 g/mol. The molecule has 14 heavy (non-hydrogen) atoms. The first-order chi connectivity index (χ1) is 6.79. The molecule has 0 aromatic rings. The minimum Gasteiger partial charge on any atom is -0.478 e. The van der Waals surface area contributed by atoms with E-state index in [0.29, 0.717) is 5.92 Å². The molecule has 0 atom stereocenters. The maximum atomic E-state index is 10.2. The Labute approximate surface area is 85.3 Å². The average Bonchev–Trinajstić information content (AvgIpc) is 2.40. The number of rotatable bonds is 3. The maximum absolute atomic E-state index is 10.2. The van der Waals surface area contributed by atoms with Gasteiger partial charge in [0.25, 0.3) is 0 Å². The summed E-state index contributed by atoms with van der Waals surface area (Å²) in [6.07, 6.45) is 14.7. The quantitative estimate of drug-likeness (QED) is 0.425. The zero-order valence-corrected chi connectivity index (χ0v) is 8.48. The van der Waals surface area contributed by atoms with Gasteiger partial charge in [0, 0.05) is 6.08 Å². The molecule has 0 amide bonds. The monoisotopic (exact) mass is 194 g/mol. The molecule has 1 aliphatic rings. The van der Waals surface area contributed by atoms with Gasteiger partial charge in [-0.1, -0.05) is 43.9 Å². The maximum Gasteiger partial charge on any atom is 0.328 e. The Morgan fingerprint density at radius 1 is 1.07 bits per heavy atom. The highest BCUT2D eigenvalue weighted by Crippen LogP contribution is 2.23. The van der Waals surface area contributed by atoms with Crippen LogP contribution in [0.15, 0.2) is 24.3 Å². The van der Waals surface area contributed by atoms with Crippen molar-refractivity contribution in [3.05, 3.63) is 24.3 Å². The molecule has 0 aromatic heterocycles. The first kappa shape index (κ1) is 11.0. The molecule has 0 unspecified atom stereocenters. The van der Waals surface area contributed by atoms with Gasteiger partial charge in [-0.3, -0.25) is 0 Å². The Morgan fingerprint density at radius 2 is 1.71 bits per heavy atom. The van der Waals surface area contributed by atoms with Gasteiger partial charge in [0.2, 0.25) is 0 Å². The predicted octanol–water partition coefficient (Wildman–Crippen LogP) is 3.15. The molecule has 2 nitrogen and oxygen atoms in total. The van der Waals surface area contributed by atoms with Crippen LogP contribution in [0.1, 0.15) is 38.5 Å². The summed E-state index contributed by atoms with van der Waals surface area (Å²) in [5.41, 5.74) is 0. The van der Waals surface area contributed by atoms with E-state index in [9.17, 15) is 4.79 Å². The van der Waals surface area contributed by atoms with E-state index in [1.807, 2.05) is 6.08 Å². The lowest BCUT2D eigenvalue weighted by atomic mass is 10.00. The Hall–Kier alpha value is -1.05. The minimum atomic E-state index is -0.879. The molecule has 1 fully saturated rings. The molecular formula is C12H18O2. The molecule has 0 heterocycles. The summed E-state index contributed by atoms with van der Waals surface area (Å²) in [5.74, 6) is -0.216. The zero-order chi connectivity index (χ0) is 10.2. The number of hydrogen-bond acceptors (Lipinski definition) is 1. The Balaban J connectivity index is 2.30. The van der Waals surface area contributed by atoms with Gasteiger partial charge in [-0.25, -0.2) is 4.79 Å². The molecule has 1 saturated carbocycles. The van der Waals surface area contributed by atoms with Crippen LogP contribution in [0.3, 0.4) is 0 Å². The third-order valence-corrected chi connectivity index (χ3v) is 2.63. The fraction of sp³-hybridized carbons (Fsp3) is 0.583. The molecule has 1 N–H and O–H groups in total. The summed E-state index contributed by atoms with van der Waals surface area (Å²) in [6.45, 7) is 0. The highest BCUT2D eigenvalue weighted by atomic mass is 16.4. The van der Waals surface area contributed by atoms with Crippen LogP contribution in [-0.2, 0) is 4.79 Å². The first-order valence-corrected chi connectivity index (χ1v) is 5.37. The van der Waals surface area contributed by atoms with Crippen LogP contribution >= 0.6 is 0 Å². The number of aliphatic carboxylic acids is 1. The van der Waals surface area contributed by atoms with E-state index < -0.39 is 5.97 Å². The van der Waals surface area contributed by atoms with E-state index in [-0.39, 0.29) is 0 Å². The molecule has 2 heteroatoms. The van der Waals surface area contributed by atoms with E-state index >= 15 is 0 Å². The molecule has 0 aliphatic heterocycles. The van der Waals surface area contributed by atoms with Crippen LogP contribution in [0.2, 0.25) is 0 Å². The number of carbonyl (C=O) groups is 1. The van der Waals surface area contributed by atoms with Crippen molar-refractivity contribution in [1.29, 1.82) is 0 Å². The molecule has 1 aliphatic carbocycles. The van der Waals surface area contributed by atoms with E-state index in [1.165, 1.54) is 44.6 Å². The predicted molar refractivity (Wildman–Crippen MR) is 57.1 cm³/mol. The number of carboxylic acid groups (broad SMARTS) is 1. The molecule has 0 saturated heterocycles. The van der Waals surface area contributed by atoms with Crippen LogP contribution in [-0.4, -0.2) is 11.1 Å². The van der Waals surface area contributed by atoms with Gasteiger partial charge in [-0.15, -0.1) is 0 Å². The largest absolute Gasteiger partial charge is 0.478 e. The summed E-state index contributed by atoms with van der Waals surface area (Å²) >= 11 is 0. The van der Waals surface area contributed by atoms with Crippen molar-refractivity contribution in [2.75, 3.05) is 0 Å². The van der Waals surface area contributed by atoms with Crippen LogP contribution in [0.5, 0.6) is 0 Å². The SMILES string of the molecule is O=C(O)/C=C\C=C\C1CCCCCC1. The highest BCUT2D eigenvalue weighted by molar-refractivity contribution is 5.80. The topological polar surface area (TPSA) is 37.3 Å². The summed E-state index contributed by atoms with van der Waals surface area (Å²) in [6, 6.07) is 0. The molecule has 78 valence electrons. The summed E-state index contributed by atoms with van der Waals surface area (Å²) in [4.78, 5) is 10.2. The van der Waals surface area contributed by atoms with Gasteiger partial charge in [-0.05, 0) is 18.8 Å². The minimum absolute atomic E-state index is 0.663. The van der Waals surface area contributed by atoms with Crippen LogP contribution in [0, 0.1) is 5.92 Å². The van der Waals surface area contributed by atoms with E-state index in [2.05, 4.69) is 6.08 Å². The summed E-state index contributed by atoms with van der Waals surface area (Å²) < 4.78 is 0. The van der Waals surface area contributed by atoms with Crippen molar-refractivity contribution in [2.45, 2.75) is 38.5 Å². The second-order valence-corrected chi connectivity index (χ2v) is 3.83. The number of carboxylic acids is 1. The Kier molecular flexibility index (Phi) is 5.05. The molecule has 0 radical (unpaired) electrons. The Bertz CT molecular complexity index is 220. The third kappa shape index (κ3) is 4.85. The lowest BCUT2D eigenvalue weighted by Gasteiger charge is -2.06. The van der Waals surface area contributed by atoms with Crippen LogP contribution in [0.4, 0.5) is 0 Å². The van der Waals surface area contributed by atoms with E-state index in [4.69, 9.17) is 5.11 Å². The number of hydrogen-bond donors (Lipinski definition) is 1. The van der Waals surface area contributed by atoms with E-state index in [0.717, 1.165) is 0 Å². The van der Waals surface area contributed by atoms with Crippen molar-refractivity contribution in [1.82, 2.24) is 0 Å². The van der Waals surface area contributed by atoms with Gasteiger partial charge in [0.1, 0.15) is 0 Å². The van der Waals surface area contributed by atoms with Gasteiger partial charge in [0.05, 0.1) is 0 Å². The van der Waals surface area contributed by atoms with E-state index in [1.54, 1.807) is 6.08 Å². The normalized spacial score (nSPS) is 20.3. The van der Waals surface area contributed by atoms with Gasteiger partial charge >= 0.3 is 5.97 Å². The third-order valence-electron chi connectivity index (χ3n) is 2.63. The highest BCUT2D eigenvalue weighted by Gasteiger charge is 2.07. The van der Waals surface area contributed by atoms with Crippen molar-refractivity contribution in [3.63, 3.8) is 0 Å². The second kappa shape index (κ2) is 6.41. The van der Waals surface area contributed by atoms with Crippen LogP contribution < -0.4 is 0 Å². The van der Waals surface area contributed by atoms with Crippen LogP contribution in [0.25, 0.3) is 0 Å². The molecular weight excluding hydrogens is 176 g/mol. The molecule has 1 rings (SSSR count). The fourth-order valence-electron chi connectivity index (χ4n) is 1.86. The summed E-state index contributed by atoms with van der Waals surface area (Å²) in [5, 5.41) is 8.37. The summed E-state index contributed by atoms with van der Waals surface area (Å²) in [7, 11) is 0. The van der Waals surface area contributed by atoms with Gasteiger partial charge in [-0.2, -0.15) is 0 Å².